The number of carbonyl (C=O) groups excluding carboxylic acids is 1. The number of hydrogen-bond donors (Lipinski definition) is 0. The number of ketones is 1. The van der Waals surface area contributed by atoms with Crippen LogP contribution < -0.4 is 0 Å². The first-order valence-electron chi connectivity index (χ1n) is 3.92. The monoisotopic (exact) mass is 214 g/mol. The standard InChI is InChI=1S/C10H11ClOS/c1-6-9(13-3)5-4-8(7(2)12)10(6)11/h4-5H,1-3H3. The average Bonchev–Trinajstić information content (AvgIpc) is 2.09. The van der Waals surface area contributed by atoms with Crippen molar-refractivity contribution in [2.45, 2.75) is 18.7 Å². The van der Waals surface area contributed by atoms with Crippen LogP contribution >= 0.6 is 23.4 Å². The van der Waals surface area contributed by atoms with Gasteiger partial charge in [-0.25, -0.2) is 0 Å². The Hall–Kier alpha value is -0.470. The number of hydrogen-bond acceptors (Lipinski definition) is 2. The van der Waals surface area contributed by atoms with Crippen LogP contribution in [-0.4, -0.2) is 12.0 Å². The summed E-state index contributed by atoms with van der Waals surface area (Å²) in [5.41, 5.74) is 1.60. The third-order valence-electron chi connectivity index (χ3n) is 1.94. The highest BCUT2D eigenvalue weighted by molar-refractivity contribution is 7.98. The Labute approximate surface area is 87.5 Å². The number of benzene rings is 1. The molecule has 1 rings (SSSR count). The van der Waals surface area contributed by atoms with Gasteiger partial charge in [0, 0.05) is 10.5 Å². The molecule has 70 valence electrons. The van der Waals surface area contributed by atoms with Crippen LogP contribution in [0, 0.1) is 6.92 Å². The van der Waals surface area contributed by atoms with Crippen molar-refractivity contribution in [1.29, 1.82) is 0 Å². The van der Waals surface area contributed by atoms with E-state index in [4.69, 9.17) is 11.6 Å². The van der Waals surface area contributed by atoms with Gasteiger partial charge in [-0.15, -0.1) is 11.8 Å². The van der Waals surface area contributed by atoms with Gasteiger partial charge in [0.05, 0.1) is 5.02 Å². The van der Waals surface area contributed by atoms with Crippen molar-refractivity contribution in [1.82, 2.24) is 0 Å². The van der Waals surface area contributed by atoms with Crippen molar-refractivity contribution in [2.24, 2.45) is 0 Å². The fourth-order valence-electron chi connectivity index (χ4n) is 1.16. The number of rotatable bonds is 2. The lowest BCUT2D eigenvalue weighted by molar-refractivity contribution is 0.101. The molecule has 0 saturated carbocycles. The highest BCUT2D eigenvalue weighted by Crippen LogP contribution is 2.29. The molecule has 0 fully saturated rings. The number of halogens is 1. The van der Waals surface area contributed by atoms with Crippen molar-refractivity contribution in [2.75, 3.05) is 6.26 Å². The molecular weight excluding hydrogens is 204 g/mol. The van der Waals surface area contributed by atoms with Gasteiger partial charge in [0.15, 0.2) is 5.78 Å². The minimum atomic E-state index is 0.0146. The summed E-state index contributed by atoms with van der Waals surface area (Å²) < 4.78 is 0. The van der Waals surface area contributed by atoms with E-state index in [9.17, 15) is 4.79 Å². The minimum Gasteiger partial charge on any atom is -0.294 e. The Bertz CT molecular complexity index is 347. The number of carbonyl (C=O) groups is 1. The summed E-state index contributed by atoms with van der Waals surface area (Å²) in [6.07, 6.45) is 1.99. The van der Waals surface area contributed by atoms with Gasteiger partial charge < -0.3 is 0 Å². The molecule has 0 amide bonds. The van der Waals surface area contributed by atoms with Crippen molar-refractivity contribution < 1.29 is 4.79 Å². The number of Topliss-reactive ketones (excluding diaryl/α,β-unsaturated/α-hetero) is 1. The second-order valence-corrected chi connectivity index (χ2v) is 4.04. The van der Waals surface area contributed by atoms with E-state index in [0.717, 1.165) is 10.5 Å². The van der Waals surface area contributed by atoms with E-state index in [-0.39, 0.29) is 5.78 Å². The molecule has 1 aromatic carbocycles. The van der Waals surface area contributed by atoms with Gasteiger partial charge in [-0.3, -0.25) is 4.79 Å². The van der Waals surface area contributed by atoms with E-state index in [2.05, 4.69) is 0 Å². The largest absolute Gasteiger partial charge is 0.294 e. The summed E-state index contributed by atoms with van der Waals surface area (Å²) in [5.74, 6) is 0.0146. The van der Waals surface area contributed by atoms with Crippen LogP contribution in [0.4, 0.5) is 0 Å². The zero-order valence-corrected chi connectivity index (χ0v) is 9.42. The lowest BCUT2D eigenvalue weighted by Gasteiger charge is -2.07. The van der Waals surface area contributed by atoms with Gasteiger partial charge in [-0.05, 0) is 37.8 Å². The maximum atomic E-state index is 11.1. The lowest BCUT2D eigenvalue weighted by Crippen LogP contribution is -1.95. The molecular formula is C10H11ClOS. The summed E-state index contributed by atoms with van der Waals surface area (Å²) >= 11 is 7.67. The Kier molecular flexibility index (Phi) is 3.40. The van der Waals surface area contributed by atoms with E-state index in [0.29, 0.717) is 10.6 Å². The highest BCUT2D eigenvalue weighted by Gasteiger charge is 2.10. The first-order chi connectivity index (χ1) is 6.07. The van der Waals surface area contributed by atoms with Crippen LogP contribution in [0.5, 0.6) is 0 Å². The molecule has 0 spiro atoms. The Morgan fingerprint density at radius 2 is 2.08 bits per heavy atom. The van der Waals surface area contributed by atoms with Crippen molar-refractivity contribution in [3.8, 4) is 0 Å². The topological polar surface area (TPSA) is 17.1 Å². The molecule has 0 aromatic heterocycles. The number of thioether (sulfide) groups is 1. The fourth-order valence-corrected chi connectivity index (χ4v) is 2.13. The normalized spacial score (nSPS) is 10.2. The van der Waals surface area contributed by atoms with E-state index in [1.807, 2.05) is 19.2 Å². The van der Waals surface area contributed by atoms with E-state index < -0.39 is 0 Å². The molecule has 1 aromatic rings. The summed E-state index contributed by atoms with van der Waals surface area (Å²) in [4.78, 5) is 12.2. The third-order valence-corrected chi connectivity index (χ3v) is 3.31. The lowest BCUT2D eigenvalue weighted by atomic mass is 10.1. The molecule has 0 unspecified atom stereocenters. The maximum Gasteiger partial charge on any atom is 0.161 e. The van der Waals surface area contributed by atoms with Gasteiger partial charge >= 0.3 is 0 Å². The molecule has 0 radical (unpaired) electrons. The van der Waals surface area contributed by atoms with Gasteiger partial charge in [-0.2, -0.15) is 0 Å². The molecule has 0 N–H and O–H groups in total. The summed E-state index contributed by atoms with van der Waals surface area (Å²) in [6, 6.07) is 3.71. The molecule has 0 aliphatic heterocycles. The van der Waals surface area contributed by atoms with Crippen LogP contribution in [-0.2, 0) is 0 Å². The highest BCUT2D eigenvalue weighted by atomic mass is 35.5. The third kappa shape index (κ3) is 2.06. The zero-order valence-electron chi connectivity index (χ0n) is 7.85. The van der Waals surface area contributed by atoms with Crippen molar-refractivity contribution in [3.05, 3.63) is 28.3 Å². The molecule has 0 heterocycles. The second-order valence-electron chi connectivity index (χ2n) is 2.81. The molecule has 0 aliphatic carbocycles. The van der Waals surface area contributed by atoms with Crippen molar-refractivity contribution in [3.63, 3.8) is 0 Å². The van der Waals surface area contributed by atoms with E-state index >= 15 is 0 Å². The summed E-state index contributed by atoms with van der Waals surface area (Å²) in [6.45, 7) is 3.46. The van der Waals surface area contributed by atoms with Gasteiger partial charge in [0.2, 0.25) is 0 Å². The van der Waals surface area contributed by atoms with Crippen LogP contribution in [0.1, 0.15) is 22.8 Å². The van der Waals surface area contributed by atoms with Gasteiger partial charge in [0.1, 0.15) is 0 Å². The Morgan fingerprint density at radius 3 is 2.54 bits per heavy atom. The predicted octanol–water partition coefficient (Wildman–Crippen LogP) is 3.57. The van der Waals surface area contributed by atoms with Crippen LogP contribution in [0.2, 0.25) is 5.02 Å². The first kappa shape index (κ1) is 10.6. The maximum absolute atomic E-state index is 11.1. The van der Waals surface area contributed by atoms with Crippen LogP contribution in [0.25, 0.3) is 0 Å². The smallest absolute Gasteiger partial charge is 0.161 e. The minimum absolute atomic E-state index is 0.0146. The quantitative estimate of drug-likeness (QED) is 0.553. The van der Waals surface area contributed by atoms with Crippen LogP contribution in [0.15, 0.2) is 17.0 Å². The van der Waals surface area contributed by atoms with Crippen LogP contribution in [0.3, 0.4) is 0 Å². The molecule has 0 aliphatic rings. The molecule has 3 heteroatoms. The molecule has 0 atom stereocenters. The average molecular weight is 215 g/mol. The molecule has 1 nitrogen and oxygen atoms in total. The second kappa shape index (κ2) is 4.16. The SMILES string of the molecule is CSc1ccc(C(C)=O)c(Cl)c1C. The summed E-state index contributed by atoms with van der Waals surface area (Å²) in [5, 5.41) is 0.583. The first-order valence-corrected chi connectivity index (χ1v) is 5.52. The predicted molar refractivity (Wildman–Crippen MR) is 58.0 cm³/mol. The Balaban J connectivity index is 3.31. The van der Waals surface area contributed by atoms with Gasteiger partial charge in [0.25, 0.3) is 0 Å². The summed E-state index contributed by atoms with van der Waals surface area (Å²) in [7, 11) is 0. The van der Waals surface area contributed by atoms with E-state index in [1.54, 1.807) is 17.8 Å². The fraction of sp³-hybridized carbons (Fsp3) is 0.300. The molecule has 0 bridgehead atoms. The van der Waals surface area contributed by atoms with Gasteiger partial charge in [-0.1, -0.05) is 11.6 Å². The van der Waals surface area contributed by atoms with Crippen molar-refractivity contribution >= 4 is 29.1 Å². The van der Waals surface area contributed by atoms with E-state index in [1.165, 1.54) is 6.92 Å². The zero-order chi connectivity index (χ0) is 10.0. The molecule has 0 saturated heterocycles. The Morgan fingerprint density at radius 1 is 1.46 bits per heavy atom. The molecule has 13 heavy (non-hydrogen) atoms.